The second kappa shape index (κ2) is 1.89. The second-order valence-corrected chi connectivity index (χ2v) is 1.93. The first-order chi connectivity index (χ1) is 3.39. The van der Waals surface area contributed by atoms with E-state index in [1.54, 1.807) is 11.4 Å². The lowest BCUT2D eigenvalue weighted by molar-refractivity contribution is -0.267. The largest absolute Gasteiger partial charge is 0.869 e. The van der Waals surface area contributed by atoms with Crippen LogP contribution in [0.1, 0.15) is 0 Å². The molecule has 0 saturated heterocycles. The van der Waals surface area contributed by atoms with Crippen molar-refractivity contribution in [1.82, 2.24) is 0 Å². The van der Waals surface area contributed by atoms with E-state index in [1.165, 1.54) is 17.4 Å². The Kier molecular flexibility index (Phi) is 1.22. The molecule has 36 valence electrons. The monoisotopic (exact) mass is 112 g/mol. The Labute approximate surface area is 45.9 Å². The maximum Gasteiger partial charge on any atom is 0.210 e. The fourth-order valence-electron chi connectivity index (χ4n) is 0.325. The lowest BCUT2D eigenvalue weighted by Gasteiger charge is -1.91. The zero-order chi connectivity index (χ0) is 5.11. The molecular formula is C5H4OS. The summed E-state index contributed by atoms with van der Waals surface area (Å²) < 4.78 is 0. The summed E-state index contributed by atoms with van der Waals surface area (Å²) >= 11 is 1.42. The molecule has 1 aromatic heterocycles. The Morgan fingerprint density at radius 3 is 2.71 bits per heavy atom. The molecule has 0 radical (unpaired) electrons. The van der Waals surface area contributed by atoms with Gasteiger partial charge in [0.2, 0.25) is 11.3 Å². The van der Waals surface area contributed by atoms with Crippen LogP contribution in [0.3, 0.4) is 0 Å². The molecule has 0 unspecified atom stereocenters. The molecule has 1 heterocycles. The molecule has 0 aliphatic rings. The van der Waals surface area contributed by atoms with Crippen LogP contribution in [0.5, 0.6) is 5.75 Å². The van der Waals surface area contributed by atoms with Crippen LogP contribution in [0.4, 0.5) is 0 Å². The Morgan fingerprint density at radius 1 is 1.57 bits per heavy atom. The normalized spacial score (nSPS) is 8.57. The van der Waals surface area contributed by atoms with Crippen LogP contribution >= 0.6 is 11.3 Å². The van der Waals surface area contributed by atoms with Crippen LogP contribution in [0.15, 0.2) is 22.9 Å². The van der Waals surface area contributed by atoms with Gasteiger partial charge in [-0.05, 0) is 11.8 Å². The van der Waals surface area contributed by atoms with Crippen molar-refractivity contribution in [2.24, 2.45) is 0 Å². The summed E-state index contributed by atoms with van der Waals surface area (Å²) in [4.78, 5) is 0. The van der Waals surface area contributed by atoms with E-state index in [-0.39, 0.29) is 5.75 Å². The SMILES string of the molecule is [O-]c1ccc[s+]c1. The van der Waals surface area contributed by atoms with E-state index in [4.69, 9.17) is 0 Å². The van der Waals surface area contributed by atoms with Crippen molar-refractivity contribution >= 4 is 11.3 Å². The summed E-state index contributed by atoms with van der Waals surface area (Å²) in [6, 6.07) is 3.28. The quantitative estimate of drug-likeness (QED) is 0.461. The summed E-state index contributed by atoms with van der Waals surface area (Å²) in [6.07, 6.45) is 0. The fourth-order valence-corrected chi connectivity index (χ4v) is 0.786. The van der Waals surface area contributed by atoms with Crippen LogP contribution in [-0.2, 0) is 0 Å². The summed E-state index contributed by atoms with van der Waals surface area (Å²) in [5.41, 5.74) is 0. The third-order valence-electron chi connectivity index (χ3n) is 0.602. The molecule has 0 atom stereocenters. The van der Waals surface area contributed by atoms with Crippen LogP contribution in [0.2, 0.25) is 0 Å². The van der Waals surface area contributed by atoms with E-state index in [0.717, 1.165) is 0 Å². The minimum absolute atomic E-state index is 0.0903. The van der Waals surface area contributed by atoms with Crippen molar-refractivity contribution in [1.29, 1.82) is 0 Å². The van der Waals surface area contributed by atoms with Gasteiger partial charge in [0.25, 0.3) is 0 Å². The van der Waals surface area contributed by atoms with Gasteiger partial charge in [-0.3, -0.25) is 0 Å². The van der Waals surface area contributed by atoms with E-state index in [9.17, 15) is 5.11 Å². The topological polar surface area (TPSA) is 23.1 Å². The highest BCUT2D eigenvalue weighted by molar-refractivity contribution is 7.07. The Bertz CT molecular complexity index is 138. The highest BCUT2D eigenvalue weighted by atomic mass is 32.1. The summed E-state index contributed by atoms with van der Waals surface area (Å²) in [7, 11) is 0. The Hall–Kier alpha value is -0.630. The van der Waals surface area contributed by atoms with Crippen LogP contribution in [0.25, 0.3) is 0 Å². The molecule has 2 heteroatoms. The molecule has 0 aromatic carbocycles. The molecule has 1 rings (SSSR count). The van der Waals surface area contributed by atoms with Gasteiger partial charge in [-0.2, -0.15) is 0 Å². The highest BCUT2D eigenvalue weighted by Crippen LogP contribution is 2.04. The zero-order valence-corrected chi connectivity index (χ0v) is 4.44. The molecule has 0 amide bonds. The minimum atomic E-state index is 0.0903. The lowest BCUT2D eigenvalue weighted by atomic mass is 10.5. The third-order valence-corrected chi connectivity index (χ3v) is 1.28. The number of hydrogen-bond acceptors (Lipinski definition) is 1. The van der Waals surface area contributed by atoms with Gasteiger partial charge in [0.05, 0.1) is 0 Å². The van der Waals surface area contributed by atoms with Gasteiger partial charge >= 0.3 is 0 Å². The minimum Gasteiger partial charge on any atom is -0.869 e. The fraction of sp³-hybridized carbons (Fsp3) is 0. The Morgan fingerprint density at radius 2 is 2.43 bits per heavy atom. The van der Waals surface area contributed by atoms with Crippen LogP contribution in [-0.4, -0.2) is 0 Å². The standard InChI is InChI=1S/C5H4OS/c6-5-2-1-3-7-4-5/h1-4H. The van der Waals surface area contributed by atoms with Crippen molar-refractivity contribution in [3.63, 3.8) is 0 Å². The molecule has 0 spiro atoms. The van der Waals surface area contributed by atoms with Crippen molar-refractivity contribution in [2.45, 2.75) is 0 Å². The van der Waals surface area contributed by atoms with Crippen molar-refractivity contribution in [2.75, 3.05) is 0 Å². The van der Waals surface area contributed by atoms with Crippen molar-refractivity contribution < 1.29 is 5.11 Å². The molecule has 1 nitrogen and oxygen atoms in total. The highest BCUT2D eigenvalue weighted by Gasteiger charge is 1.79. The summed E-state index contributed by atoms with van der Waals surface area (Å²) in [5.74, 6) is 0.0903. The second-order valence-electron chi connectivity index (χ2n) is 1.15. The van der Waals surface area contributed by atoms with Gasteiger partial charge in [0, 0.05) is 0 Å². The van der Waals surface area contributed by atoms with Crippen molar-refractivity contribution in [3.05, 3.63) is 22.9 Å². The van der Waals surface area contributed by atoms with E-state index >= 15 is 0 Å². The average molecular weight is 112 g/mol. The van der Waals surface area contributed by atoms with Gasteiger partial charge < -0.3 is 5.11 Å². The van der Waals surface area contributed by atoms with Gasteiger partial charge in [-0.25, -0.2) is 0 Å². The molecule has 0 fully saturated rings. The van der Waals surface area contributed by atoms with Gasteiger partial charge in [0.15, 0.2) is 10.8 Å². The van der Waals surface area contributed by atoms with E-state index < -0.39 is 0 Å². The maximum absolute atomic E-state index is 10.3. The summed E-state index contributed by atoms with van der Waals surface area (Å²) in [6.45, 7) is 0. The molecule has 0 saturated carbocycles. The number of rotatable bonds is 0. The first kappa shape index (κ1) is 4.53. The molecular weight excluding hydrogens is 108 g/mol. The van der Waals surface area contributed by atoms with Gasteiger partial charge in [-0.1, -0.05) is 6.07 Å². The molecule has 0 aliphatic heterocycles. The maximum atomic E-state index is 10.3. The van der Waals surface area contributed by atoms with Crippen molar-refractivity contribution in [3.8, 4) is 5.75 Å². The summed E-state index contributed by atoms with van der Waals surface area (Å²) in [5, 5.41) is 13.7. The van der Waals surface area contributed by atoms with Gasteiger partial charge in [-0.15, -0.1) is 0 Å². The average Bonchev–Trinajstić information content (AvgIpc) is 1.69. The molecule has 0 bridgehead atoms. The van der Waals surface area contributed by atoms with E-state index in [2.05, 4.69) is 0 Å². The number of hydrogen-bond donors (Lipinski definition) is 0. The van der Waals surface area contributed by atoms with E-state index in [1.807, 2.05) is 5.38 Å². The van der Waals surface area contributed by atoms with Gasteiger partial charge in [0.1, 0.15) is 0 Å². The predicted molar refractivity (Wildman–Crippen MR) is 28.2 cm³/mol. The molecule has 7 heavy (non-hydrogen) atoms. The zero-order valence-electron chi connectivity index (χ0n) is 3.63. The Balaban J connectivity index is 3.02. The smallest absolute Gasteiger partial charge is 0.210 e. The van der Waals surface area contributed by atoms with Crippen LogP contribution < -0.4 is 5.11 Å². The molecule has 0 aliphatic carbocycles. The predicted octanol–water partition coefficient (Wildman–Crippen LogP) is 1.10. The third kappa shape index (κ3) is 1.12. The molecule has 1 aromatic rings. The first-order valence-electron chi connectivity index (χ1n) is 1.92. The van der Waals surface area contributed by atoms with E-state index in [0.29, 0.717) is 0 Å². The molecule has 0 N–H and O–H groups in total. The first-order valence-corrected chi connectivity index (χ1v) is 2.86. The lowest BCUT2D eigenvalue weighted by Crippen LogP contribution is -1.84. The van der Waals surface area contributed by atoms with Crippen LogP contribution in [0, 0.1) is 0 Å².